The number of aromatic nitrogens is 3. The first-order valence-electron chi connectivity index (χ1n) is 14.3. The van der Waals surface area contributed by atoms with Gasteiger partial charge < -0.3 is 24.8 Å². The Balaban J connectivity index is 1.47. The quantitative estimate of drug-likeness (QED) is 0.430. The van der Waals surface area contributed by atoms with E-state index in [1.807, 2.05) is 29.7 Å². The van der Waals surface area contributed by atoms with Gasteiger partial charge >= 0.3 is 6.09 Å². The van der Waals surface area contributed by atoms with Crippen LogP contribution in [0.1, 0.15) is 49.5 Å². The molecule has 2 aromatic heterocycles. The number of amides is 2. The SMILES string of the molecule is Cc1cc(Nc2nn([C@@]3(CC#N)CCN(C(=O)OC(C)(C)C)C[C@H]3F)c3cc[nH]c(=O)c23)ccc1C(=O)N1CCSCC1. The van der Waals surface area contributed by atoms with E-state index in [1.54, 1.807) is 39.0 Å². The molecule has 1 aromatic carbocycles. The molecule has 11 nitrogen and oxygen atoms in total. The lowest BCUT2D eigenvalue weighted by Crippen LogP contribution is -2.56. The van der Waals surface area contributed by atoms with Crippen LogP contribution < -0.4 is 10.9 Å². The molecule has 2 N–H and O–H groups in total. The lowest BCUT2D eigenvalue weighted by atomic mass is 9.83. The molecule has 13 heteroatoms. The van der Waals surface area contributed by atoms with E-state index in [2.05, 4.69) is 21.5 Å². The maximum Gasteiger partial charge on any atom is 0.410 e. The van der Waals surface area contributed by atoms with Crippen LogP contribution in [0.2, 0.25) is 0 Å². The summed E-state index contributed by atoms with van der Waals surface area (Å²) in [4.78, 5) is 44.7. The second-order valence-corrected chi connectivity index (χ2v) is 13.2. The summed E-state index contributed by atoms with van der Waals surface area (Å²) >= 11 is 1.83. The largest absolute Gasteiger partial charge is 0.444 e. The minimum atomic E-state index is -1.66. The van der Waals surface area contributed by atoms with E-state index in [1.165, 1.54) is 15.8 Å². The Bertz CT molecular complexity index is 1640. The van der Waals surface area contributed by atoms with Crippen molar-refractivity contribution in [1.29, 1.82) is 5.26 Å². The van der Waals surface area contributed by atoms with Gasteiger partial charge in [-0.1, -0.05) is 0 Å². The Morgan fingerprint density at radius 3 is 2.63 bits per heavy atom. The van der Waals surface area contributed by atoms with Gasteiger partial charge in [0.1, 0.15) is 22.7 Å². The van der Waals surface area contributed by atoms with Crippen LogP contribution in [0.4, 0.5) is 20.7 Å². The first kappa shape index (κ1) is 30.4. The number of pyridine rings is 1. The van der Waals surface area contributed by atoms with Crippen molar-refractivity contribution in [2.75, 3.05) is 43.0 Å². The third kappa shape index (κ3) is 6.06. The standard InChI is InChI=1S/C30H36FN7O4S/c1-19-17-20(5-6-21(19)27(40)36-13-15-43-16-14-36)34-25-24-22(7-11-33-26(24)39)38(35-25)30(8-10-32)9-12-37(18-23(30)31)28(41)42-29(2,3)4/h5-7,11,17,23H,8-9,12-16,18H2,1-4H3,(H,33,39)(H,34,35)/t23-,30+/m1/s1. The van der Waals surface area contributed by atoms with Crippen LogP contribution in [0.3, 0.4) is 0 Å². The highest BCUT2D eigenvalue weighted by molar-refractivity contribution is 7.99. The van der Waals surface area contributed by atoms with Crippen LogP contribution in [-0.4, -0.2) is 86.0 Å². The maximum absolute atomic E-state index is 16.2. The highest BCUT2D eigenvalue weighted by atomic mass is 32.2. The monoisotopic (exact) mass is 609 g/mol. The van der Waals surface area contributed by atoms with Crippen molar-refractivity contribution >= 4 is 46.2 Å². The second-order valence-electron chi connectivity index (χ2n) is 12.0. The predicted molar refractivity (Wildman–Crippen MR) is 164 cm³/mol. The lowest BCUT2D eigenvalue weighted by Gasteiger charge is -2.43. The number of nitriles is 1. The normalized spacial score (nSPS) is 21.0. The molecule has 0 bridgehead atoms. The number of thioether (sulfide) groups is 1. The van der Waals surface area contributed by atoms with Gasteiger partial charge in [0.15, 0.2) is 5.82 Å². The van der Waals surface area contributed by atoms with Gasteiger partial charge in [0.25, 0.3) is 11.5 Å². The summed E-state index contributed by atoms with van der Waals surface area (Å²) in [5.41, 5.74) is -0.240. The van der Waals surface area contributed by atoms with E-state index in [0.717, 1.165) is 17.1 Å². The van der Waals surface area contributed by atoms with E-state index >= 15 is 4.39 Å². The van der Waals surface area contributed by atoms with Crippen LogP contribution in [0.25, 0.3) is 10.9 Å². The van der Waals surface area contributed by atoms with Crippen LogP contribution in [0.15, 0.2) is 35.3 Å². The highest BCUT2D eigenvalue weighted by Crippen LogP contribution is 2.39. The molecule has 3 aromatic rings. The zero-order valence-electron chi connectivity index (χ0n) is 24.8. The molecule has 0 unspecified atom stereocenters. The van der Waals surface area contributed by atoms with E-state index < -0.39 is 29.0 Å². The van der Waals surface area contributed by atoms with Gasteiger partial charge in [-0.3, -0.25) is 14.3 Å². The highest BCUT2D eigenvalue weighted by Gasteiger charge is 2.49. The number of piperidine rings is 1. The van der Waals surface area contributed by atoms with Crippen molar-refractivity contribution in [2.45, 2.75) is 57.8 Å². The smallest absolute Gasteiger partial charge is 0.410 e. The van der Waals surface area contributed by atoms with Gasteiger partial charge in [0, 0.05) is 48.6 Å². The minimum absolute atomic E-state index is 0.0133. The Morgan fingerprint density at radius 1 is 1.23 bits per heavy atom. The van der Waals surface area contributed by atoms with Crippen molar-refractivity contribution in [2.24, 2.45) is 0 Å². The average molecular weight is 610 g/mol. The van der Waals surface area contributed by atoms with E-state index in [9.17, 15) is 19.6 Å². The maximum atomic E-state index is 16.2. The molecular formula is C30H36FN7O4S. The number of carbonyl (C=O) groups excluding carboxylic acids is 2. The zero-order valence-corrected chi connectivity index (χ0v) is 25.6. The van der Waals surface area contributed by atoms with E-state index in [4.69, 9.17) is 4.74 Å². The average Bonchev–Trinajstić information content (AvgIpc) is 3.33. The number of H-pyrrole nitrogens is 1. The fourth-order valence-corrected chi connectivity index (χ4v) is 6.54. The summed E-state index contributed by atoms with van der Waals surface area (Å²) in [5, 5.41) is 17.9. The molecular weight excluding hydrogens is 573 g/mol. The van der Waals surface area contributed by atoms with Gasteiger partial charge in [0.2, 0.25) is 0 Å². The van der Waals surface area contributed by atoms with Gasteiger partial charge in [-0.15, -0.1) is 0 Å². The molecule has 0 saturated carbocycles. The Labute approximate surface area is 253 Å². The molecule has 0 spiro atoms. The summed E-state index contributed by atoms with van der Waals surface area (Å²) in [6.07, 6.45) is -0.954. The first-order chi connectivity index (χ1) is 20.4. The van der Waals surface area contributed by atoms with Gasteiger partial charge in [-0.05, 0) is 63.9 Å². The Hall–Kier alpha value is -4.05. The third-order valence-corrected chi connectivity index (χ3v) is 8.80. The number of nitrogens with zero attached hydrogens (tertiary/aromatic N) is 5. The van der Waals surface area contributed by atoms with Crippen LogP contribution in [0, 0.1) is 18.3 Å². The zero-order chi connectivity index (χ0) is 30.9. The summed E-state index contributed by atoms with van der Waals surface area (Å²) < 4.78 is 23.1. The molecule has 2 atom stereocenters. The lowest BCUT2D eigenvalue weighted by molar-refractivity contribution is -0.0166. The summed E-state index contributed by atoms with van der Waals surface area (Å²) in [7, 11) is 0. The number of nitrogens with one attached hydrogen (secondary N) is 2. The molecule has 0 radical (unpaired) electrons. The molecule has 0 aliphatic carbocycles. The van der Waals surface area contributed by atoms with E-state index in [0.29, 0.717) is 29.9 Å². The number of rotatable bonds is 5. The van der Waals surface area contributed by atoms with Gasteiger partial charge in [0.05, 0.1) is 24.6 Å². The number of hydrogen-bond donors (Lipinski definition) is 2. The number of alkyl halides is 1. The number of anilines is 2. The molecule has 228 valence electrons. The topological polar surface area (TPSA) is 136 Å². The van der Waals surface area contributed by atoms with Crippen molar-refractivity contribution in [3.63, 3.8) is 0 Å². The fraction of sp³-hybridized carbons (Fsp3) is 0.500. The summed E-state index contributed by atoms with van der Waals surface area (Å²) in [6.45, 7) is 8.37. The Kier molecular flexibility index (Phi) is 8.42. The number of benzene rings is 1. The number of ether oxygens (including phenoxy) is 1. The van der Waals surface area contributed by atoms with E-state index in [-0.39, 0.29) is 43.0 Å². The number of halogens is 1. The number of aryl methyl sites for hydroxylation is 1. The minimum Gasteiger partial charge on any atom is -0.444 e. The predicted octanol–water partition coefficient (Wildman–Crippen LogP) is 4.55. The molecule has 2 amide bonds. The fourth-order valence-electron chi connectivity index (χ4n) is 5.64. The number of fused-ring (bicyclic) bond motifs is 1. The number of hydrogen-bond acceptors (Lipinski definition) is 8. The van der Waals surface area contributed by atoms with Crippen molar-refractivity contribution in [3.05, 3.63) is 51.9 Å². The van der Waals surface area contributed by atoms with Gasteiger partial charge in [-0.2, -0.15) is 22.1 Å². The van der Waals surface area contributed by atoms with Crippen LogP contribution >= 0.6 is 11.8 Å². The summed E-state index contributed by atoms with van der Waals surface area (Å²) in [6, 6.07) is 9.05. The van der Waals surface area contributed by atoms with Crippen molar-refractivity contribution in [1.82, 2.24) is 24.6 Å². The number of aromatic amines is 1. The molecule has 2 fully saturated rings. The molecule has 43 heavy (non-hydrogen) atoms. The molecule has 2 aliphatic heterocycles. The number of likely N-dealkylation sites (tertiary alicyclic amines) is 1. The summed E-state index contributed by atoms with van der Waals surface area (Å²) in [5.74, 6) is 2.02. The van der Waals surface area contributed by atoms with Crippen molar-refractivity contribution in [3.8, 4) is 6.07 Å². The molecule has 2 saturated heterocycles. The first-order valence-corrected chi connectivity index (χ1v) is 15.4. The third-order valence-electron chi connectivity index (χ3n) is 7.86. The van der Waals surface area contributed by atoms with Gasteiger partial charge in [-0.25, -0.2) is 9.18 Å². The van der Waals surface area contributed by atoms with Crippen molar-refractivity contribution < 1.29 is 18.7 Å². The molecule has 4 heterocycles. The second kappa shape index (κ2) is 11.9. The van der Waals surface area contributed by atoms with Crippen LogP contribution in [-0.2, 0) is 10.3 Å². The van der Waals surface area contributed by atoms with Crippen LogP contribution in [0.5, 0.6) is 0 Å². The molecule has 2 aliphatic rings. The molecule has 5 rings (SSSR count). The number of carbonyl (C=O) groups is 2. The Morgan fingerprint density at radius 2 is 1.98 bits per heavy atom.